The van der Waals surface area contributed by atoms with E-state index in [1.165, 1.54) is 112 Å². The van der Waals surface area contributed by atoms with Crippen LogP contribution in [-0.2, 0) is 38.4 Å². The van der Waals surface area contributed by atoms with Crippen molar-refractivity contribution in [3.05, 3.63) is 29.1 Å². The third-order valence-corrected chi connectivity index (χ3v) is 11.9. The van der Waals surface area contributed by atoms with E-state index in [4.69, 9.17) is 4.74 Å². The van der Waals surface area contributed by atoms with E-state index in [0.29, 0.717) is 0 Å². The second-order valence-electron chi connectivity index (χ2n) is 18.8. The van der Waals surface area contributed by atoms with Crippen molar-refractivity contribution < 1.29 is 65.0 Å². The molecule has 8 unspecified atom stereocenters. The van der Waals surface area contributed by atoms with Crippen molar-refractivity contribution in [3.63, 3.8) is 0 Å². The Hall–Kier alpha value is -5.37. The zero-order valence-electron chi connectivity index (χ0n) is 42.0. The van der Waals surface area contributed by atoms with Gasteiger partial charge in [-0.2, -0.15) is 8.78 Å². The number of amides is 7. The normalized spacial score (nSPS) is 14.8. The van der Waals surface area contributed by atoms with Gasteiger partial charge in [-0.1, -0.05) is 13.8 Å². The molecular formula is C46H72F5N7O9. The minimum absolute atomic E-state index is 0.0377. The molecule has 7 amide bonds. The van der Waals surface area contributed by atoms with Gasteiger partial charge in [-0.25, -0.2) is 13.2 Å². The predicted molar refractivity (Wildman–Crippen MR) is 239 cm³/mol. The van der Waals surface area contributed by atoms with E-state index < -0.39 is 124 Å². The van der Waals surface area contributed by atoms with Gasteiger partial charge in [-0.3, -0.25) is 38.4 Å². The van der Waals surface area contributed by atoms with Gasteiger partial charge in [0.2, 0.25) is 76.2 Å². The molecule has 0 saturated carbocycles. The van der Waals surface area contributed by atoms with Crippen molar-refractivity contribution in [2.24, 2.45) is 47.3 Å². The molecule has 0 aliphatic carbocycles. The van der Waals surface area contributed by atoms with Crippen molar-refractivity contribution in [3.8, 4) is 5.75 Å². The lowest BCUT2D eigenvalue weighted by Crippen LogP contribution is -2.42. The highest BCUT2D eigenvalue weighted by molar-refractivity contribution is 5.86. The first-order chi connectivity index (χ1) is 30.8. The van der Waals surface area contributed by atoms with Crippen molar-refractivity contribution in [2.75, 3.05) is 98.7 Å². The molecular weight excluding hydrogens is 890 g/mol. The van der Waals surface area contributed by atoms with Crippen LogP contribution in [0, 0.1) is 76.4 Å². The first-order valence-electron chi connectivity index (χ1n) is 22.0. The third-order valence-electron chi connectivity index (χ3n) is 11.9. The first kappa shape index (κ1) is 59.6. The molecule has 0 aliphatic heterocycles. The number of carbonyl (C=O) groups is 8. The fourth-order valence-electron chi connectivity index (χ4n) is 8.29. The van der Waals surface area contributed by atoms with E-state index in [2.05, 4.69) is 0 Å². The molecule has 1 rings (SSSR count). The van der Waals surface area contributed by atoms with Gasteiger partial charge in [-0.15, -0.1) is 0 Å². The highest BCUT2D eigenvalue weighted by Gasteiger charge is 2.41. The number of rotatable bonds is 24. The summed E-state index contributed by atoms with van der Waals surface area (Å²) < 4.78 is 75.6. The Morgan fingerprint density at radius 3 is 0.791 bits per heavy atom. The lowest BCUT2D eigenvalue weighted by atomic mass is 9.76. The zero-order chi connectivity index (χ0) is 52.1. The summed E-state index contributed by atoms with van der Waals surface area (Å²) in [6.07, 6.45) is -1.34. The molecule has 0 aromatic heterocycles. The van der Waals surface area contributed by atoms with Crippen molar-refractivity contribution in [1.29, 1.82) is 0 Å². The Balaban J connectivity index is 3.88. The Kier molecular flexibility index (Phi) is 23.4. The lowest BCUT2D eigenvalue weighted by molar-refractivity contribution is -0.143. The second-order valence-corrected chi connectivity index (χ2v) is 18.8. The summed E-state index contributed by atoms with van der Waals surface area (Å²) in [7, 11) is 21.0. The second kappa shape index (κ2) is 26.2. The van der Waals surface area contributed by atoms with Crippen molar-refractivity contribution in [1.82, 2.24) is 34.3 Å². The molecule has 0 N–H and O–H groups in total. The molecule has 0 saturated heterocycles. The molecule has 16 nitrogen and oxygen atoms in total. The summed E-state index contributed by atoms with van der Waals surface area (Å²) in [5.74, 6) is -26.3. The van der Waals surface area contributed by atoms with Crippen LogP contribution < -0.4 is 4.74 Å². The van der Waals surface area contributed by atoms with E-state index in [-0.39, 0.29) is 56.8 Å². The molecule has 0 bridgehead atoms. The largest absolute Gasteiger partial charge is 0.420 e. The van der Waals surface area contributed by atoms with Gasteiger partial charge in [0.15, 0.2) is 0 Å². The summed E-state index contributed by atoms with van der Waals surface area (Å²) in [4.78, 5) is 119. The van der Waals surface area contributed by atoms with Crippen LogP contribution in [0.5, 0.6) is 5.75 Å². The number of carbonyl (C=O) groups excluding carboxylic acids is 8. The monoisotopic (exact) mass is 962 g/mol. The fourth-order valence-corrected chi connectivity index (χ4v) is 8.29. The molecule has 21 heteroatoms. The number of hydrogen-bond donors (Lipinski definition) is 0. The zero-order valence-corrected chi connectivity index (χ0v) is 42.0. The van der Waals surface area contributed by atoms with E-state index in [9.17, 15) is 60.3 Å². The van der Waals surface area contributed by atoms with Crippen LogP contribution in [0.3, 0.4) is 0 Å². The van der Waals surface area contributed by atoms with Crippen LogP contribution in [0.2, 0.25) is 0 Å². The van der Waals surface area contributed by atoms with Gasteiger partial charge in [0.05, 0.1) is 5.92 Å². The Morgan fingerprint density at radius 2 is 0.567 bits per heavy atom. The van der Waals surface area contributed by atoms with Gasteiger partial charge in [-0.05, 0) is 51.4 Å². The Morgan fingerprint density at radius 1 is 0.358 bits per heavy atom. The third kappa shape index (κ3) is 16.4. The molecule has 380 valence electrons. The SMILES string of the molecule is CCC(CC(CC(CC(CC(CC(CC(CC(C)C(=O)N(C)C)C(=O)N(C)C)C(=O)N(C)C)C(=O)N(C)C)C(=O)N(C)C)C(=O)N(C)C)C(=O)N(C)C)C(=O)Oc1c(F)c(F)c(F)c(F)c1F. The molecule has 0 radical (unpaired) electrons. The fraction of sp³-hybridized carbons (Fsp3) is 0.696. The van der Waals surface area contributed by atoms with E-state index in [0.717, 1.165) is 0 Å². The topological polar surface area (TPSA) is 168 Å². The Bertz CT molecular complexity index is 1920. The summed E-state index contributed by atoms with van der Waals surface area (Å²) in [6.45, 7) is 3.16. The highest BCUT2D eigenvalue weighted by atomic mass is 19.2. The van der Waals surface area contributed by atoms with Crippen LogP contribution in [0.15, 0.2) is 0 Å². The van der Waals surface area contributed by atoms with Gasteiger partial charge < -0.3 is 39.0 Å². The molecule has 0 heterocycles. The molecule has 1 aromatic carbocycles. The van der Waals surface area contributed by atoms with Crippen molar-refractivity contribution in [2.45, 2.75) is 65.2 Å². The summed E-state index contributed by atoms with van der Waals surface area (Å²) in [6, 6.07) is 0. The molecule has 8 atom stereocenters. The maximum atomic E-state index is 14.5. The van der Waals surface area contributed by atoms with E-state index in [1.807, 2.05) is 0 Å². The number of halogens is 5. The minimum Gasteiger partial charge on any atom is -0.420 e. The predicted octanol–water partition coefficient (Wildman–Crippen LogP) is 4.00. The quantitative estimate of drug-likeness (QED) is 0.0490. The van der Waals surface area contributed by atoms with Gasteiger partial charge >= 0.3 is 5.97 Å². The summed E-state index contributed by atoms with van der Waals surface area (Å²) in [5.41, 5.74) is 0. The average molecular weight is 962 g/mol. The van der Waals surface area contributed by atoms with E-state index >= 15 is 0 Å². The van der Waals surface area contributed by atoms with Crippen LogP contribution in [0.25, 0.3) is 0 Å². The Labute approximate surface area is 392 Å². The van der Waals surface area contributed by atoms with Crippen LogP contribution in [0.4, 0.5) is 22.0 Å². The molecule has 67 heavy (non-hydrogen) atoms. The molecule has 1 aromatic rings. The average Bonchev–Trinajstić information content (AvgIpc) is 3.26. The summed E-state index contributed by atoms with van der Waals surface area (Å²) in [5, 5.41) is 0. The number of esters is 1. The minimum atomic E-state index is -2.45. The van der Waals surface area contributed by atoms with E-state index in [1.54, 1.807) is 35.1 Å². The van der Waals surface area contributed by atoms with Crippen LogP contribution in [-0.4, -0.2) is 180 Å². The molecule has 0 fully saturated rings. The highest BCUT2D eigenvalue weighted by Crippen LogP contribution is 2.36. The number of hydrogen-bond acceptors (Lipinski definition) is 9. The maximum absolute atomic E-state index is 14.5. The van der Waals surface area contributed by atoms with Crippen LogP contribution in [0.1, 0.15) is 65.2 Å². The molecule has 0 spiro atoms. The van der Waals surface area contributed by atoms with Gasteiger partial charge in [0.25, 0.3) is 0 Å². The standard InChI is InChI=1S/C46H72F5N7O9/c1-17-26(46(66)67-38-36(50)34(48)33(47)35(49)37(38)51)19-28(41(61)54(7)8)21-30(43(63)56(11)12)23-32(45(65)58(15)16)24-31(44(64)57(13)14)22-29(42(62)55(9)10)20-27(40(60)53(5)6)18-25(2)39(59)52(3)4/h25-32H,17-24H2,1-16H3. The van der Waals surface area contributed by atoms with Crippen molar-refractivity contribution >= 4 is 47.3 Å². The number of benzene rings is 1. The van der Waals surface area contributed by atoms with Crippen LogP contribution >= 0.6 is 0 Å². The number of nitrogens with zero attached hydrogens (tertiary/aromatic N) is 7. The maximum Gasteiger partial charge on any atom is 0.314 e. The van der Waals surface area contributed by atoms with Gasteiger partial charge in [0.1, 0.15) is 0 Å². The molecule has 0 aliphatic rings. The summed E-state index contributed by atoms with van der Waals surface area (Å²) >= 11 is 0. The smallest absolute Gasteiger partial charge is 0.314 e. The lowest BCUT2D eigenvalue weighted by Gasteiger charge is -2.34. The first-order valence-corrected chi connectivity index (χ1v) is 22.0. The number of ether oxygens (including phenoxy) is 1. The van der Waals surface area contributed by atoms with Gasteiger partial charge in [0, 0.05) is 140 Å².